The van der Waals surface area contributed by atoms with Crippen LogP contribution >= 0.6 is 0 Å². The van der Waals surface area contributed by atoms with Crippen LogP contribution in [-0.4, -0.2) is 49.4 Å². The van der Waals surface area contributed by atoms with Gasteiger partial charge in [0.2, 0.25) is 0 Å². The van der Waals surface area contributed by atoms with E-state index in [2.05, 4.69) is 37.5 Å². The summed E-state index contributed by atoms with van der Waals surface area (Å²) < 4.78 is 19.2. The Hall–Kier alpha value is -4.28. The van der Waals surface area contributed by atoms with Crippen LogP contribution in [0.4, 0.5) is 0 Å². The molecule has 1 aliphatic rings. The molecule has 0 bridgehead atoms. The summed E-state index contributed by atoms with van der Waals surface area (Å²) in [6.45, 7) is 4.72. The first-order valence-corrected chi connectivity index (χ1v) is 13.7. The lowest BCUT2D eigenvalue weighted by molar-refractivity contribution is 0.0901. The van der Waals surface area contributed by atoms with Gasteiger partial charge in [-0.2, -0.15) is 0 Å². The van der Waals surface area contributed by atoms with Crippen LogP contribution in [0.15, 0.2) is 82.2 Å². The number of aromatic amines is 1. The molecule has 1 aliphatic heterocycles. The van der Waals surface area contributed by atoms with Crippen LogP contribution in [0.25, 0.3) is 10.9 Å². The van der Waals surface area contributed by atoms with Crippen LogP contribution in [0.5, 0.6) is 5.75 Å². The lowest BCUT2D eigenvalue weighted by Gasteiger charge is -2.30. The second-order valence-electron chi connectivity index (χ2n) is 9.96. The predicted molar refractivity (Wildman–Crippen MR) is 149 cm³/mol. The molecule has 0 amide bonds. The van der Waals surface area contributed by atoms with E-state index in [1.165, 1.54) is 0 Å². The van der Waals surface area contributed by atoms with Gasteiger partial charge in [-0.05, 0) is 72.2 Å². The van der Waals surface area contributed by atoms with Gasteiger partial charge in [0, 0.05) is 29.6 Å². The molecule has 0 spiro atoms. The number of tetrazole rings is 1. The molecule has 2 unspecified atom stereocenters. The molecule has 2 aromatic carbocycles. The van der Waals surface area contributed by atoms with Crippen molar-refractivity contribution in [2.75, 3.05) is 13.2 Å². The summed E-state index contributed by atoms with van der Waals surface area (Å²) in [7, 11) is 0. The Bertz CT molecular complexity index is 1590. The molecule has 206 valence electrons. The first kappa shape index (κ1) is 26.0. The van der Waals surface area contributed by atoms with E-state index in [9.17, 15) is 4.79 Å². The van der Waals surface area contributed by atoms with Gasteiger partial charge < -0.3 is 18.9 Å². The van der Waals surface area contributed by atoms with Gasteiger partial charge >= 0.3 is 0 Å². The Morgan fingerprint density at radius 1 is 1.12 bits per heavy atom. The Balaban J connectivity index is 1.50. The highest BCUT2D eigenvalue weighted by Crippen LogP contribution is 2.31. The number of fused-ring (bicyclic) bond motifs is 1. The number of H-pyrrole nitrogens is 1. The van der Waals surface area contributed by atoms with E-state index in [-0.39, 0.29) is 11.7 Å². The molecule has 40 heavy (non-hydrogen) atoms. The summed E-state index contributed by atoms with van der Waals surface area (Å²) in [6, 6.07) is 21.0. The Morgan fingerprint density at radius 3 is 2.80 bits per heavy atom. The molecule has 2 atom stereocenters. The fourth-order valence-corrected chi connectivity index (χ4v) is 5.34. The molecule has 5 aromatic rings. The van der Waals surface area contributed by atoms with E-state index in [0.717, 1.165) is 47.4 Å². The van der Waals surface area contributed by atoms with E-state index in [1.807, 2.05) is 61.5 Å². The van der Waals surface area contributed by atoms with Crippen molar-refractivity contribution in [1.29, 1.82) is 0 Å². The third-order valence-electron chi connectivity index (χ3n) is 7.19. The summed E-state index contributed by atoms with van der Waals surface area (Å²) in [4.78, 5) is 19.0. The maximum Gasteiger partial charge on any atom is 0.253 e. The largest absolute Gasteiger partial charge is 0.494 e. The van der Waals surface area contributed by atoms with Crippen molar-refractivity contribution in [3.8, 4) is 5.75 Å². The fourth-order valence-electron chi connectivity index (χ4n) is 5.34. The van der Waals surface area contributed by atoms with E-state index < -0.39 is 6.04 Å². The van der Waals surface area contributed by atoms with Crippen LogP contribution < -0.4 is 10.3 Å². The molecule has 6 rings (SSSR count). The third-order valence-corrected chi connectivity index (χ3v) is 7.19. The monoisotopic (exact) mass is 540 g/mol. The minimum Gasteiger partial charge on any atom is -0.494 e. The number of rotatable bonds is 11. The minimum absolute atomic E-state index is 0.0270. The molecular formula is C30H32N6O4. The average molecular weight is 541 g/mol. The van der Waals surface area contributed by atoms with Crippen molar-refractivity contribution in [2.24, 2.45) is 0 Å². The molecule has 3 aromatic heterocycles. The average Bonchev–Trinajstić information content (AvgIpc) is 3.75. The molecule has 10 heteroatoms. The number of hydrogen-bond donors (Lipinski definition) is 1. The van der Waals surface area contributed by atoms with Gasteiger partial charge in [0.25, 0.3) is 5.56 Å². The van der Waals surface area contributed by atoms with Gasteiger partial charge in [0.1, 0.15) is 17.6 Å². The normalized spacial score (nSPS) is 16.1. The maximum atomic E-state index is 13.8. The molecule has 1 fully saturated rings. The Labute approximate surface area is 231 Å². The SMILES string of the molecule is CCOc1ccc2[nH]c(=O)c(C(c3nnnn3CC3CCCO3)N(Cc3ccccc3)Cc3ccco3)cc2c1. The van der Waals surface area contributed by atoms with Crippen LogP contribution in [0.2, 0.25) is 0 Å². The molecule has 0 radical (unpaired) electrons. The number of nitrogens with zero attached hydrogens (tertiary/aromatic N) is 5. The van der Waals surface area contributed by atoms with Gasteiger partial charge in [0.15, 0.2) is 5.82 Å². The topological polar surface area (TPSA) is 111 Å². The summed E-state index contributed by atoms with van der Waals surface area (Å²) >= 11 is 0. The van der Waals surface area contributed by atoms with Gasteiger partial charge in [-0.3, -0.25) is 9.69 Å². The molecule has 1 saturated heterocycles. The molecule has 1 N–H and O–H groups in total. The lowest BCUT2D eigenvalue weighted by atomic mass is 10.0. The summed E-state index contributed by atoms with van der Waals surface area (Å²) in [6.07, 6.45) is 3.64. The van der Waals surface area contributed by atoms with Crippen molar-refractivity contribution in [2.45, 2.75) is 51.5 Å². The predicted octanol–water partition coefficient (Wildman–Crippen LogP) is 4.48. The summed E-state index contributed by atoms with van der Waals surface area (Å²) in [5.74, 6) is 2.09. The Kier molecular flexibility index (Phi) is 7.69. The number of aromatic nitrogens is 5. The minimum atomic E-state index is -0.578. The van der Waals surface area contributed by atoms with E-state index in [4.69, 9.17) is 13.9 Å². The smallest absolute Gasteiger partial charge is 0.253 e. The first-order chi connectivity index (χ1) is 19.7. The summed E-state index contributed by atoms with van der Waals surface area (Å²) in [5.41, 5.74) is 2.15. The second kappa shape index (κ2) is 11.8. The number of ether oxygens (including phenoxy) is 2. The summed E-state index contributed by atoms with van der Waals surface area (Å²) in [5, 5.41) is 13.7. The number of hydrogen-bond acceptors (Lipinski definition) is 8. The zero-order valence-corrected chi connectivity index (χ0v) is 22.4. The van der Waals surface area contributed by atoms with Crippen molar-refractivity contribution in [3.05, 3.63) is 106 Å². The zero-order valence-electron chi connectivity index (χ0n) is 22.4. The van der Waals surface area contributed by atoms with Gasteiger partial charge in [-0.25, -0.2) is 4.68 Å². The van der Waals surface area contributed by atoms with Crippen molar-refractivity contribution in [1.82, 2.24) is 30.1 Å². The van der Waals surface area contributed by atoms with Crippen LogP contribution in [0, 0.1) is 0 Å². The van der Waals surface area contributed by atoms with Crippen LogP contribution in [0.1, 0.15) is 48.5 Å². The van der Waals surface area contributed by atoms with Gasteiger partial charge in [-0.1, -0.05) is 30.3 Å². The number of benzene rings is 2. The van der Waals surface area contributed by atoms with Crippen molar-refractivity contribution >= 4 is 10.9 Å². The van der Waals surface area contributed by atoms with Crippen LogP contribution in [0.3, 0.4) is 0 Å². The van der Waals surface area contributed by atoms with E-state index in [0.29, 0.717) is 37.6 Å². The standard InChI is InChI=1S/C30H32N6O4/c1-2-38-23-12-13-27-22(16-23)17-26(30(37)31-27)28(29-32-33-34-36(29)20-25-11-7-15-40-25)35(19-24-10-6-14-39-24)18-21-8-4-3-5-9-21/h3-6,8-10,12-14,16-17,25,28H,2,7,11,15,18-20H2,1H3,(H,31,37). The number of pyridine rings is 1. The third kappa shape index (κ3) is 5.68. The fraction of sp³-hybridized carbons (Fsp3) is 0.333. The number of nitrogens with one attached hydrogen (secondary N) is 1. The molecular weight excluding hydrogens is 508 g/mol. The van der Waals surface area contributed by atoms with Crippen molar-refractivity contribution < 1.29 is 13.9 Å². The highest BCUT2D eigenvalue weighted by Gasteiger charge is 2.32. The molecule has 10 nitrogen and oxygen atoms in total. The first-order valence-electron chi connectivity index (χ1n) is 13.7. The molecule has 4 heterocycles. The van der Waals surface area contributed by atoms with Crippen molar-refractivity contribution in [3.63, 3.8) is 0 Å². The van der Waals surface area contributed by atoms with E-state index in [1.54, 1.807) is 10.9 Å². The van der Waals surface area contributed by atoms with E-state index >= 15 is 0 Å². The van der Waals surface area contributed by atoms with Crippen LogP contribution in [-0.2, 0) is 24.4 Å². The maximum absolute atomic E-state index is 13.8. The van der Waals surface area contributed by atoms with Gasteiger partial charge in [0.05, 0.1) is 32.1 Å². The molecule has 0 saturated carbocycles. The number of furan rings is 1. The second-order valence-corrected chi connectivity index (χ2v) is 9.96. The quantitative estimate of drug-likeness (QED) is 0.261. The highest BCUT2D eigenvalue weighted by molar-refractivity contribution is 5.80. The van der Waals surface area contributed by atoms with Gasteiger partial charge in [-0.15, -0.1) is 5.10 Å². The Morgan fingerprint density at radius 2 is 2.02 bits per heavy atom. The zero-order chi connectivity index (χ0) is 27.3. The molecule has 0 aliphatic carbocycles. The lowest BCUT2D eigenvalue weighted by Crippen LogP contribution is -2.35. The highest BCUT2D eigenvalue weighted by atomic mass is 16.5.